The Morgan fingerprint density at radius 2 is 2.37 bits per heavy atom. The van der Waals surface area contributed by atoms with Crippen molar-refractivity contribution in [2.75, 3.05) is 19.8 Å². The fourth-order valence-corrected chi connectivity index (χ4v) is 2.46. The van der Waals surface area contributed by atoms with Crippen LogP contribution < -0.4 is 4.74 Å². The summed E-state index contributed by atoms with van der Waals surface area (Å²) in [5.41, 5.74) is 1.14. The number of aliphatic hydroxyl groups excluding tert-OH is 1. The lowest BCUT2D eigenvalue weighted by Gasteiger charge is -2.23. The van der Waals surface area contributed by atoms with Crippen LogP contribution in [0.5, 0.6) is 5.75 Å². The molecule has 0 spiro atoms. The maximum absolute atomic E-state index is 12.0. The standard InChI is InChI=1S/C15H21NO3/c1-12-4-2-6-14(10-12)19-9-7-15(18)16-8-3-5-13(16)11-17/h2,4,6,10,13,17H,3,5,7-9,11H2,1H3/t13-/m1/s1. The smallest absolute Gasteiger partial charge is 0.226 e. The number of hydrogen-bond donors (Lipinski definition) is 1. The molecule has 1 aromatic rings. The number of carbonyl (C=O) groups is 1. The number of hydrogen-bond acceptors (Lipinski definition) is 3. The zero-order valence-corrected chi connectivity index (χ0v) is 11.3. The third-order valence-corrected chi connectivity index (χ3v) is 3.48. The van der Waals surface area contributed by atoms with Crippen LogP contribution in [0.1, 0.15) is 24.8 Å². The van der Waals surface area contributed by atoms with Gasteiger partial charge in [-0.15, -0.1) is 0 Å². The molecule has 0 radical (unpaired) electrons. The maximum atomic E-state index is 12.0. The topological polar surface area (TPSA) is 49.8 Å². The number of rotatable bonds is 5. The van der Waals surface area contributed by atoms with Crippen LogP contribution in [0.4, 0.5) is 0 Å². The molecule has 1 atom stereocenters. The highest BCUT2D eigenvalue weighted by molar-refractivity contribution is 5.77. The van der Waals surface area contributed by atoms with Gasteiger partial charge in [0, 0.05) is 6.54 Å². The van der Waals surface area contributed by atoms with Crippen molar-refractivity contribution >= 4 is 5.91 Å². The molecule has 1 aliphatic heterocycles. The molecule has 2 rings (SSSR count). The first-order valence-corrected chi connectivity index (χ1v) is 6.80. The molecule has 0 saturated carbocycles. The second-order valence-corrected chi connectivity index (χ2v) is 4.98. The summed E-state index contributed by atoms with van der Waals surface area (Å²) in [5.74, 6) is 0.872. The number of aryl methyl sites for hydroxylation is 1. The third kappa shape index (κ3) is 3.70. The predicted octanol–water partition coefficient (Wildman–Crippen LogP) is 1.75. The Balaban J connectivity index is 1.78. The van der Waals surface area contributed by atoms with Gasteiger partial charge in [-0.05, 0) is 37.5 Å². The Kier molecular flexibility index (Phi) is 4.80. The molecular formula is C15H21NO3. The number of likely N-dealkylation sites (tertiary alicyclic amines) is 1. The van der Waals surface area contributed by atoms with Crippen LogP contribution in [-0.4, -0.2) is 41.7 Å². The fourth-order valence-electron chi connectivity index (χ4n) is 2.46. The first kappa shape index (κ1) is 13.9. The zero-order chi connectivity index (χ0) is 13.7. The highest BCUT2D eigenvalue weighted by Gasteiger charge is 2.27. The van der Waals surface area contributed by atoms with E-state index in [4.69, 9.17) is 4.74 Å². The summed E-state index contributed by atoms with van der Waals surface area (Å²) in [6.45, 7) is 3.21. The lowest BCUT2D eigenvalue weighted by atomic mass is 10.2. The largest absolute Gasteiger partial charge is 0.493 e. The molecule has 1 fully saturated rings. The number of nitrogens with zero attached hydrogens (tertiary/aromatic N) is 1. The van der Waals surface area contributed by atoms with E-state index in [1.54, 1.807) is 4.90 Å². The molecule has 104 valence electrons. The molecule has 1 saturated heterocycles. The minimum Gasteiger partial charge on any atom is -0.493 e. The number of aliphatic hydroxyl groups is 1. The van der Waals surface area contributed by atoms with E-state index < -0.39 is 0 Å². The number of benzene rings is 1. The summed E-state index contributed by atoms with van der Waals surface area (Å²) in [7, 11) is 0. The van der Waals surface area contributed by atoms with Gasteiger partial charge in [-0.3, -0.25) is 4.79 Å². The molecule has 1 heterocycles. The van der Waals surface area contributed by atoms with Crippen molar-refractivity contribution in [3.8, 4) is 5.75 Å². The fraction of sp³-hybridized carbons (Fsp3) is 0.533. The van der Waals surface area contributed by atoms with Crippen LogP contribution in [0.2, 0.25) is 0 Å². The van der Waals surface area contributed by atoms with Gasteiger partial charge in [-0.25, -0.2) is 0 Å². The second kappa shape index (κ2) is 6.57. The first-order valence-electron chi connectivity index (χ1n) is 6.80. The summed E-state index contributed by atoms with van der Waals surface area (Å²) in [6.07, 6.45) is 2.25. The van der Waals surface area contributed by atoms with Gasteiger partial charge in [0.25, 0.3) is 0 Å². The number of ether oxygens (including phenoxy) is 1. The summed E-state index contributed by atoms with van der Waals surface area (Å²) in [4.78, 5) is 13.8. The van der Waals surface area contributed by atoms with E-state index in [2.05, 4.69) is 0 Å². The van der Waals surface area contributed by atoms with Gasteiger partial charge in [-0.2, -0.15) is 0 Å². The molecular weight excluding hydrogens is 242 g/mol. The SMILES string of the molecule is Cc1cccc(OCCC(=O)N2CCC[C@@H]2CO)c1. The molecule has 0 aliphatic carbocycles. The average molecular weight is 263 g/mol. The number of amides is 1. The van der Waals surface area contributed by atoms with E-state index in [-0.39, 0.29) is 18.6 Å². The highest BCUT2D eigenvalue weighted by atomic mass is 16.5. The summed E-state index contributed by atoms with van der Waals surface area (Å²) in [5, 5.41) is 9.19. The van der Waals surface area contributed by atoms with Crippen LogP contribution in [0.3, 0.4) is 0 Å². The van der Waals surface area contributed by atoms with E-state index in [1.165, 1.54) is 0 Å². The second-order valence-electron chi connectivity index (χ2n) is 4.98. The summed E-state index contributed by atoms with van der Waals surface area (Å²) < 4.78 is 5.58. The minimum absolute atomic E-state index is 0.00599. The van der Waals surface area contributed by atoms with E-state index in [0.717, 1.165) is 30.7 Å². The van der Waals surface area contributed by atoms with E-state index in [9.17, 15) is 9.90 Å². The Morgan fingerprint density at radius 1 is 1.53 bits per heavy atom. The van der Waals surface area contributed by atoms with Crippen LogP contribution in [0, 0.1) is 6.92 Å². The first-order chi connectivity index (χ1) is 9.20. The molecule has 1 aliphatic rings. The van der Waals surface area contributed by atoms with Gasteiger partial charge in [0.1, 0.15) is 5.75 Å². The van der Waals surface area contributed by atoms with Gasteiger partial charge in [-0.1, -0.05) is 12.1 Å². The lowest BCUT2D eigenvalue weighted by Crippen LogP contribution is -2.38. The Bertz CT molecular complexity index is 433. The van der Waals surface area contributed by atoms with Crippen molar-refractivity contribution in [2.45, 2.75) is 32.2 Å². The van der Waals surface area contributed by atoms with Crippen LogP contribution in [0.15, 0.2) is 24.3 Å². The normalized spacial score (nSPS) is 18.6. The minimum atomic E-state index is 0.00599. The molecule has 0 aromatic heterocycles. The molecule has 19 heavy (non-hydrogen) atoms. The summed E-state index contributed by atoms with van der Waals surface area (Å²) >= 11 is 0. The van der Waals surface area contributed by atoms with Gasteiger partial charge < -0.3 is 14.7 Å². The lowest BCUT2D eigenvalue weighted by molar-refractivity contribution is -0.133. The monoisotopic (exact) mass is 263 g/mol. The Morgan fingerprint density at radius 3 is 3.11 bits per heavy atom. The maximum Gasteiger partial charge on any atom is 0.226 e. The van der Waals surface area contributed by atoms with Gasteiger partial charge in [0.15, 0.2) is 0 Å². The van der Waals surface area contributed by atoms with Crippen LogP contribution in [-0.2, 0) is 4.79 Å². The molecule has 0 unspecified atom stereocenters. The van der Waals surface area contributed by atoms with Gasteiger partial charge in [0.05, 0.1) is 25.7 Å². The van der Waals surface area contributed by atoms with E-state index in [0.29, 0.717) is 13.0 Å². The molecule has 1 N–H and O–H groups in total. The van der Waals surface area contributed by atoms with Crippen molar-refractivity contribution in [1.82, 2.24) is 4.90 Å². The Labute approximate surface area is 114 Å². The van der Waals surface area contributed by atoms with Crippen molar-refractivity contribution in [3.63, 3.8) is 0 Å². The average Bonchev–Trinajstić information content (AvgIpc) is 2.87. The summed E-state index contributed by atoms with van der Waals surface area (Å²) in [6, 6.07) is 7.80. The molecule has 1 aromatic carbocycles. The van der Waals surface area contributed by atoms with Crippen LogP contribution >= 0.6 is 0 Å². The highest BCUT2D eigenvalue weighted by Crippen LogP contribution is 2.18. The van der Waals surface area contributed by atoms with Crippen molar-refractivity contribution in [1.29, 1.82) is 0 Å². The molecule has 4 heteroatoms. The molecule has 4 nitrogen and oxygen atoms in total. The molecule has 1 amide bonds. The van der Waals surface area contributed by atoms with Gasteiger partial charge >= 0.3 is 0 Å². The Hall–Kier alpha value is -1.55. The quantitative estimate of drug-likeness (QED) is 0.880. The van der Waals surface area contributed by atoms with Crippen molar-refractivity contribution in [2.24, 2.45) is 0 Å². The molecule has 0 bridgehead atoms. The zero-order valence-electron chi connectivity index (χ0n) is 11.3. The number of carbonyl (C=O) groups excluding carboxylic acids is 1. The van der Waals surface area contributed by atoms with E-state index in [1.807, 2.05) is 31.2 Å². The van der Waals surface area contributed by atoms with Gasteiger partial charge in [0.2, 0.25) is 5.91 Å². The third-order valence-electron chi connectivity index (χ3n) is 3.48. The van der Waals surface area contributed by atoms with Crippen molar-refractivity contribution in [3.05, 3.63) is 29.8 Å². The van der Waals surface area contributed by atoms with Crippen LogP contribution in [0.25, 0.3) is 0 Å². The van der Waals surface area contributed by atoms with E-state index >= 15 is 0 Å². The predicted molar refractivity (Wildman–Crippen MR) is 73.1 cm³/mol. The van der Waals surface area contributed by atoms with Crippen molar-refractivity contribution < 1.29 is 14.6 Å².